The molecule has 0 bridgehead atoms. The summed E-state index contributed by atoms with van der Waals surface area (Å²) >= 11 is 3.42. The Labute approximate surface area is 203 Å². The van der Waals surface area contributed by atoms with Gasteiger partial charge in [0.15, 0.2) is 6.04 Å². The third-order valence-electron chi connectivity index (χ3n) is 5.15. The molecule has 0 spiro atoms. The molecule has 2 amide bonds. The van der Waals surface area contributed by atoms with Crippen LogP contribution in [0.2, 0.25) is 0 Å². The average Bonchev–Trinajstić information content (AvgIpc) is 2.87. The minimum absolute atomic E-state index is 0.201. The number of amides is 2. The Morgan fingerprint density at radius 2 is 1.62 bits per heavy atom. The lowest BCUT2D eigenvalue weighted by molar-refractivity contribution is -0.123. The monoisotopic (exact) mass is 517 g/mol. The first-order valence-corrected chi connectivity index (χ1v) is 11.2. The quantitative estimate of drug-likeness (QED) is 0.267. The van der Waals surface area contributed by atoms with E-state index < -0.39 is 23.4 Å². The summed E-state index contributed by atoms with van der Waals surface area (Å²) in [6.45, 7) is 1.76. The number of hydrogen-bond acceptors (Lipinski definition) is 5. The van der Waals surface area contributed by atoms with E-state index in [1.54, 1.807) is 61.5 Å². The highest BCUT2D eigenvalue weighted by Crippen LogP contribution is 2.20. The van der Waals surface area contributed by atoms with Gasteiger partial charge in [0.05, 0.1) is 11.1 Å². The number of halogens is 1. The summed E-state index contributed by atoms with van der Waals surface area (Å²) in [5, 5.41) is 14.2. The highest BCUT2D eigenvalue weighted by molar-refractivity contribution is 9.10. The van der Waals surface area contributed by atoms with Gasteiger partial charge in [-0.3, -0.25) is 14.4 Å². The van der Waals surface area contributed by atoms with Gasteiger partial charge in [-0.2, -0.15) is 10.2 Å². The van der Waals surface area contributed by atoms with Crippen LogP contribution in [0.25, 0.3) is 10.8 Å². The maximum atomic E-state index is 13.3. The largest absolute Gasteiger partial charge is 0.335 e. The van der Waals surface area contributed by atoms with E-state index in [9.17, 15) is 14.4 Å². The second-order valence-corrected chi connectivity index (χ2v) is 8.36. The average molecular weight is 518 g/mol. The first kappa shape index (κ1) is 23.1. The summed E-state index contributed by atoms with van der Waals surface area (Å²) < 4.78 is 0.878. The van der Waals surface area contributed by atoms with Crippen molar-refractivity contribution in [2.24, 2.45) is 5.10 Å². The fourth-order valence-corrected chi connectivity index (χ4v) is 3.80. The molecule has 9 heteroatoms. The normalized spacial score (nSPS) is 12.2. The number of nitrogens with zero attached hydrogens (tertiary/aromatic N) is 2. The zero-order chi connectivity index (χ0) is 24.1. The van der Waals surface area contributed by atoms with Crippen molar-refractivity contribution < 1.29 is 9.59 Å². The Morgan fingerprint density at radius 3 is 2.35 bits per heavy atom. The number of nitrogens with one attached hydrogen (secondary N) is 3. The molecule has 8 nitrogen and oxygen atoms in total. The number of benzene rings is 3. The van der Waals surface area contributed by atoms with Gasteiger partial charge in [-0.05, 0) is 42.8 Å². The Kier molecular flexibility index (Phi) is 6.93. The molecule has 34 heavy (non-hydrogen) atoms. The highest BCUT2D eigenvalue weighted by Gasteiger charge is 2.27. The predicted molar refractivity (Wildman–Crippen MR) is 134 cm³/mol. The SMILES string of the molecule is C/C(=N\NC(=O)[C@H](NC(=O)c1ccccc1)c1n[nH]c(=O)c2ccccc12)c1cccc(Br)c1. The highest BCUT2D eigenvalue weighted by atomic mass is 79.9. The molecule has 4 aromatic rings. The molecule has 0 aliphatic carbocycles. The van der Waals surface area contributed by atoms with Crippen LogP contribution in [0.5, 0.6) is 0 Å². The zero-order valence-corrected chi connectivity index (χ0v) is 19.7. The van der Waals surface area contributed by atoms with E-state index >= 15 is 0 Å². The molecule has 4 rings (SSSR count). The van der Waals surface area contributed by atoms with Crippen LogP contribution in [0.4, 0.5) is 0 Å². The predicted octanol–water partition coefficient (Wildman–Crippen LogP) is 3.70. The van der Waals surface area contributed by atoms with Crippen LogP contribution in [0.15, 0.2) is 93.2 Å². The fraction of sp³-hybridized carbons (Fsp3) is 0.0800. The lowest BCUT2D eigenvalue weighted by Gasteiger charge is -2.18. The molecule has 1 aromatic heterocycles. The molecule has 0 aliphatic heterocycles. The lowest BCUT2D eigenvalue weighted by atomic mass is 10.0. The number of hydrogen-bond donors (Lipinski definition) is 3. The third-order valence-corrected chi connectivity index (χ3v) is 5.64. The van der Waals surface area contributed by atoms with Crippen LogP contribution in [-0.4, -0.2) is 27.7 Å². The molecule has 0 radical (unpaired) electrons. The van der Waals surface area contributed by atoms with Crippen LogP contribution in [0.1, 0.15) is 34.6 Å². The van der Waals surface area contributed by atoms with Crippen molar-refractivity contribution in [1.82, 2.24) is 20.9 Å². The first-order valence-electron chi connectivity index (χ1n) is 10.4. The van der Waals surface area contributed by atoms with Gasteiger partial charge in [-0.15, -0.1) is 0 Å². The fourth-order valence-electron chi connectivity index (χ4n) is 3.40. The Hall–Kier alpha value is -4.11. The summed E-state index contributed by atoms with van der Waals surface area (Å²) in [7, 11) is 0. The van der Waals surface area contributed by atoms with E-state index in [0.717, 1.165) is 10.0 Å². The minimum Gasteiger partial charge on any atom is -0.335 e. The van der Waals surface area contributed by atoms with Gasteiger partial charge in [0, 0.05) is 15.4 Å². The van der Waals surface area contributed by atoms with E-state index in [0.29, 0.717) is 22.0 Å². The van der Waals surface area contributed by atoms with Gasteiger partial charge in [0.1, 0.15) is 5.69 Å². The molecule has 0 fully saturated rings. The van der Waals surface area contributed by atoms with Gasteiger partial charge in [-0.1, -0.05) is 64.5 Å². The Bertz CT molecular complexity index is 1450. The van der Waals surface area contributed by atoms with Crippen LogP contribution in [0, 0.1) is 0 Å². The molecule has 1 heterocycles. The standard InChI is InChI=1S/C25H20BrN5O3/c1-15(17-10-7-11-18(26)14-17)28-31-25(34)22(27-23(32)16-8-3-2-4-9-16)21-19-12-5-6-13-20(19)24(33)30-29-21/h2-14,22H,1H3,(H,27,32)(H,30,33)(H,31,34)/b28-15+/t22-/m1/s1. The Morgan fingerprint density at radius 1 is 0.941 bits per heavy atom. The molecule has 0 saturated carbocycles. The third kappa shape index (κ3) is 5.10. The van der Waals surface area contributed by atoms with Crippen LogP contribution in [-0.2, 0) is 4.79 Å². The van der Waals surface area contributed by atoms with Crippen LogP contribution >= 0.6 is 15.9 Å². The number of aromatic amines is 1. The number of aromatic nitrogens is 2. The number of carbonyl (C=O) groups is 2. The number of hydrazone groups is 1. The second kappa shape index (κ2) is 10.2. The minimum atomic E-state index is -1.21. The number of H-pyrrole nitrogens is 1. The topological polar surface area (TPSA) is 116 Å². The summed E-state index contributed by atoms with van der Waals surface area (Å²) in [6, 6.07) is 21.5. The molecule has 170 valence electrons. The maximum absolute atomic E-state index is 13.3. The van der Waals surface area contributed by atoms with Crippen molar-refractivity contribution in [3.05, 3.63) is 111 Å². The molecule has 0 saturated heterocycles. The van der Waals surface area contributed by atoms with Crippen LogP contribution < -0.4 is 16.3 Å². The van der Waals surface area contributed by atoms with E-state index in [-0.39, 0.29) is 5.69 Å². The molecule has 3 N–H and O–H groups in total. The lowest BCUT2D eigenvalue weighted by Crippen LogP contribution is -2.40. The summed E-state index contributed by atoms with van der Waals surface area (Å²) in [5.41, 5.74) is 4.09. The van der Waals surface area contributed by atoms with E-state index in [1.807, 2.05) is 24.3 Å². The Balaban J connectivity index is 1.70. The van der Waals surface area contributed by atoms with Gasteiger partial charge in [-0.25, -0.2) is 10.5 Å². The van der Waals surface area contributed by atoms with Gasteiger partial charge in [0.2, 0.25) is 0 Å². The smallest absolute Gasteiger partial charge is 0.272 e. The molecule has 3 aromatic carbocycles. The second-order valence-electron chi connectivity index (χ2n) is 7.44. The van der Waals surface area contributed by atoms with E-state index in [4.69, 9.17) is 0 Å². The molecule has 0 unspecified atom stereocenters. The van der Waals surface area contributed by atoms with Crippen molar-refractivity contribution >= 4 is 44.2 Å². The van der Waals surface area contributed by atoms with Crippen LogP contribution in [0.3, 0.4) is 0 Å². The van der Waals surface area contributed by atoms with E-state index in [1.165, 1.54) is 0 Å². The van der Waals surface area contributed by atoms with Crippen molar-refractivity contribution in [3.63, 3.8) is 0 Å². The molecular weight excluding hydrogens is 498 g/mol. The van der Waals surface area contributed by atoms with Crippen molar-refractivity contribution in [2.45, 2.75) is 13.0 Å². The van der Waals surface area contributed by atoms with Crippen molar-refractivity contribution in [1.29, 1.82) is 0 Å². The van der Waals surface area contributed by atoms with Gasteiger partial charge >= 0.3 is 0 Å². The summed E-state index contributed by atoms with van der Waals surface area (Å²) in [5.74, 6) is -1.08. The summed E-state index contributed by atoms with van der Waals surface area (Å²) in [4.78, 5) is 38.4. The van der Waals surface area contributed by atoms with Crippen molar-refractivity contribution in [3.8, 4) is 0 Å². The number of fused-ring (bicyclic) bond motifs is 1. The molecular formula is C25H20BrN5O3. The van der Waals surface area contributed by atoms with E-state index in [2.05, 4.69) is 42.0 Å². The first-order chi connectivity index (χ1) is 16.4. The summed E-state index contributed by atoms with van der Waals surface area (Å²) in [6.07, 6.45) is 0. The maximum Gasteiger partial charge on any atom is 0.272 e. The molecule has 1 atom stereocenters. The molecule has 0 aliphatic rings. The van der Waals surface area contributed by atoms with Crippen molar-refractivity contribution in [2.75, 3.05) is 0 Å². The zero-order valence-electron chi connectivity index (χ0n) is 18.1. The number of carbonyl (C=O) groups excluding carboxylic acids is 2. The number of rotatable bonds is 6. The van der Waals surface area contributed by atoms with Gasteiger partial charge in [0.25, 0.3) is 17.4 Å². The van der Waals surface area contributed by atoms with Gasteiger partial charge < -0.3 is 5.32 Å².